The van der Waals surface area contributed by atoms with E-state index >= 15 is 0 Å². The Morgan fingerprint density at radius 3 is 2.28 bits per heavy atom. The van der Waals surface area contributed by atoms with Gasteiger partial charge in [-0.3, -0.25) is 24.1 Å². The van der Waals surface area contributed by atoms with Crippen molar-refractivity contribution < 1.29 is 23.9 Å². The standard InChI is InChI=1S/C22H22N2O5/c1-13-8-9-14(2)18(12-13)23-20(26)15(3)29-19(25)10-11-24-21(27)16-6-4-5-7-17(16)22(24)28/h4-9,12,15H,10-11H2,1-3H3,(H,23,26). The zero-order valence-electron chi connectivity index (χ0n) is 16.5. The van der Waals surface area contributed by atoms with Gasteiger partial charge in [-0.15, -0.1) is 0 Å². The highest BCUT2D eigenvalue weighted by molar-refractivity contribution is 6.21. The fourth-order valence-corrected chi connectivity index (χ4v) is 3.06. The molecule has 0 saturated heterocycles. The van der Waals surface area contributed by atoms with Gasteiger partial charge in [0.2, 0.25) is 0 Å². The summed E-state index contributed by atoms with van der Waals surface area (Å²) in [6.45, 7) is 5.16. The number of amides is 3. The van der Waals surface area contributed by atoms with Crippen LogP contribution in [0.2, 0.25) is 0 Å². The number of aryl methyl sites for hydroxylation is 2. The van der Waals surface area contributed by atoms with Crippen LogP contribution in [0.3, 0.4) is 0 Å². The van der Waals surface area contributed by atoms with Crippen LogP contribution in [0.15, 0.2) is 42.5 Å². The molecule has 2 aromatic rings. The second kappa shape index (κ2) is 8.26. The second-order valence-electron chi connectivity index (χ2n) is 7.00. The molecule has 2 aromatic carbocycles. The summed E-state index contributed by atoms with van der Waals surface area (Å²) in [6, 6.07) is 12.2. The number of hydrogen-bond donors (Lipinski definition) is 1. The van der Waals surface area contributed by atoms with Gasteiger partial charge in [-0.05, 0) is 50.1 Å². The first-order valence-electron chi connectivity index (χ1n) is 9.30. The van der Waals surface area contributed by atoms with Crippen molar-refractivity contribution in [3.05, 3.63) is 64.7 Å². The third-order valence-electron chi connectivity index (χ3n) is 4.75. The van der Waals surface area contributed by atoms with E-state index in [0.29, 0.717) is 16.8 Å². The molecular formula is C22H22N2O5. The van der Waals surface area contributed by atoms with Crippen molar-refractivity contribution in [3.63, 3.8) is 0 Å². The number of carbonyl (C=O) groups is 4. The van der Waals surface area contributed by atoms with E-state index in [1.165, 1.54) is 6.92 Å². The van der Waals surface area contributed by atoms with Crippen LogP contribution in [0.4, 0.5) is 5.69 Å². The molecule has 0 aromatic heterocycles. The number of imide groups is 1. The first-order chi connectivity index (χ1) is 13.8. The first-order valence-corrected chi connectivity index (χ1v) is 9.30. The zero-order valence-corrected chi connectivity index (χ0v) is 16.5. The smallest absolute Gasteiger partial charge is 0.308 e. The maximum absolute atomic E-state index is 12.3. The molecule has 1 atom stereocenters. The maximum Gasteiger partial charge on any atom is 0.308 e. The number of nitrogens with zero attached hydrogens (tertiary/aromatic N) is 1. The molecule has 1 aliphatic rings. The predicted molar refractivity (Wildman–Crippen MR) is 107 cm³/mol. The Hall–Kier alpha value is -3.48. The molecule has 1 aliphatic heterocycles. The van der Waals surface area contributed by atoms with Crippen LogP contribution >= 0.6 is 0 Å². The molecule has 29 heavy (non-hydrogen) atoms. The minimum atomic E-state index is -1.01. The van der Waals surface area contributed by atoms with Crippen LogP contribution in [0, 0.1) is 13.8 Å². The van der Waals surface area contributed by atoms with Gasteiger partial charge in [0, 0.05) is 12.2 Å². The topological polar surface area (TPSA) is 92.8 Å². The molecule has 150 valence electrons. The maximum atomic E-state index is 12.3. The van der Waals surface area contributed by atoms with Gasteiger partial charge in [-0.2, -0.15) is 0 Å². The van der Waals surface area contributed by atoms with E-state index in [2.05, 4.69) is 5.32 Å². The summed E-state index contributed by atoms with van der Waals surface area (Å²) in [4.78, 5) is 50.1. The van der Waals surface area contributed by atoms with E-state index in [4.69, 9.17) is 4.74 Å². The number of ether oxygens (including phenoxy) is 1. The van der Waals surface area contributed by atoms with Crippen molar-refractivity contribution in [2.75, 3.05) is 11.9 Å². The summed E-state index contributed by atoms with van der Waals surface area (Å²) in [7, 11) is 0. The first kappa shape index (κ1) is 20.3. The van der Waals surface area contributed by atoms with Crippen molar-refractivity contribution >= 4 is 29.4 Å². The average molecular weight is 394 g/mol. The summed E-state index contributed by atoms with van der Waals surface area (Å²) < 4.78 is 5.16. The largest absolute Gasteiger partial charge is 0.452 e. The van der Waals surface area contributed by atoms with E-state index in [0.717, 1.165) is 16.0 Å². The Bertz CT molecular complexity index is 963. The van der Waals surface area contributed by atoms with Gasteiger partial charge in [0.1, 0.15) is 0 Å². The Balaban J connectivity index is 1.53. The highest BCUT2D eigenvalue weighted by Gasteiger charge is 2.35. The van der Waals surface area contributed by atoms with Crippen molar-refractivity contribution in [1.82, 2.24) is 4.90 Å². The number of nitrogens with one attached hydrogen (secondary N) is 1. The second-order valence-corrected chi connectivity index (χ2v) is 7.00. The molecule has 0 spiro atoms. The fourth-order valence-electron chi connectivity index (χ4n) is 3.06. The predicted octanol–water partition coefficient (Wildman–Crippen LogP) is 2.86. The number of hydrogen-bond acceptors (Lipinski definition) is 5. The van der Waals surface area contributed by atoms with Gasteiger partial charge in [0.15, 0.2) is 6.10 Å². The van der Waals surface area contributed by atoms with Gasteiger partial charge in [-0.1, -0.05) is 24.3 Å². The molecule has 3 amide bonds. The lowest BCUT2D eigenvalue weighted by Gasteiger charge is -2.17. The van der Waals surface area contributed by atoms with Crippen molar-refractivity contribution in [2.45, 2.75) is 33.3 Å². The summed E-state index contributed by atoms with van der Waals surface area (Å²) in [5.41, 5.74) is 3.20. The lowest BCUT2D eigenvalue weighted by molar-refractivity contribution is -0.153. The molecular weight excluding hydrogens is 372 g/mol. The summed E-state index contributed by atoms with van der Waals surface area (Å²) >= 11 is 0. The highest BCUT2D eigenvalue weighted by atomic mass is 16.5. The molecule has 0 saturated carbocycles. The quantitative estimate of drug-likeness (QED) is 0.601. The number of esters is 1. The summed E-state index contributed by atoms with van der Waals surface area (Å²) in [5.74, 6) is -1.98. The molecule has 7 nitrogen and oxygen atoms in total. The van der Waals surface area contributed by atoms with Crippen LogP contribution in [0.5, 0.6) is 0 Å². The molecule has 1 unspecified atom stereocenters. The van der Waals surface area contributed by atoms with Gasteiger partial charge < -0.3 is 10.1 Å². The van der Waals surface area contributed by atoms with E-state index in [1.54, 1.807) is 24.3 Å². The molecule has 1 N–H and O–H groups in total. The minimum absolute atomic E-state index is 0.101. The molecule has 3 rings (SSSR count). The van der Waals surface area contributed by atoms with Crippen molar-refractivity contribution in [3.8, 4) is 0 Å². The number of benzene rings is 2. The summed E-state index contributed by atoms with van der Waals surface area (Å²) in [6.07, 6.45) is -1.20. The average Bonchev–Trinajstić information content (AvgIpc) is 2.93. The van der Waals surface area contributed by atoms with Gasteiger partial charge in [0.25, 0.3) is 17.7 Å². The van der Waals surface area contributed by atoms with Gasteiger partial charge in [0.05, 0.1) is 17.5 Å². The third kappa shape index (κ3) is 4.34. The lowest BCUT2D eigenvalue weighted by atomic mass is 10.1. The summed E-state index contributed by atoms with van der Waals surface area (Å²) in [5, 5.41) is 2.74. The third-order valence-corrected chi connectivity index (χ3v) is 4.75. The molecule has 1 heterocycles. The van der Waals surface area contributed by atoms with E-state index in [9.17, 15) is 19.2 Å². The van der Waals surface area contributed by atoms with Gasteiger partial charge in [-0.25, -0.2) is 0 Å². The van der Waals surface area contributed by atoms with E-state index < -0.39 is 29.8 Å². The van der Waals surface area contributed by atoms with E-state index in [-0.39, 0.29) is 13.0 Å². The molecule has 0 aliphatic carbocycles. The van der Waals surface area contributed by atoms with Crippen LogP contribution in [0.25, 0.3) is 0 Å². The van der Waals surface area contributed by atoms with Crippen LogP contribution < -0.4 is 5.32 Å². The SMILES string of the molecule is Cc1ccc(C)c(NC(=O)C(C)OC(=O)CCN2C(=O)c3ccccc3C2=O)c1. The number of rotatable bonds is 6. The van der Waals surface area contributed by atoms with Gasteiger partial charge >= 0.3 is 5.97 Å². The Morgan fingerprint density at radius 1 is 1.03 bits per heavy atom. The molecule has 0 radical (unpaired) electrons. The molecule has 0 bridgehead atoms. The normalized spacial score (nSPS) is 13.8. The van der Waals surface area contributed by atoms with Crippen LogP contribution in [0.1, 0.15) is 45.2 Å². The van der Waals surface area contributed by atoms with E-state index in [1.807, 2.05) is 32.0 Å². The monoisotopic (exact) mass is 394 g/mol. The highest BCUT2D eigenvalue weighted by Crippen LogP contribution is 2.22. The molecule has 0 fully saturated rings. The van der Waals surface area contributed by atoms with Crippen LogP contribution in [-0.2, 0) is 14.3 Å². The number of anilines is 1. The fraction of sp³-hybridized carbons (Fsp3) is 0.273. The van der Waals surface area contributed by atoms with Crippen molar-refractivity contribution in [1.29, 1.82) is 0 Å². The Labute approximate surface area is 168 Å². The zero-order chi connectivity index (χ0) is 21.1. The number of carbonyl (C=O) groups excluding carboxylic acids is 4. The van der Waals surface area contributed by atoms with Crippen LogP contribution in [-0.4, -0.2) is 41.2 Å². The lowest BCUT2D eigenvalue weighted by Crippen LogP contribution is -2.34. The minimum Gasteiger partial charge on any atom is -0.452 e. The van der Waals surface area contributed by atoms with Crippen molar-refractivity contribution in [2.24, 2.45) is 0 Å². The number of fused-ring (bicyclic) bond motifs is 1. The Kier molecular flexibility index (Phi) is 5.77. The Morgan fingerprint density at radius 2 is 1.66 bits per heavy atom. The molecule has 7 heteroatoms.